The van der Waals surface area contributed by atoms with Crippen LogP contribution in [-0.4, -0.2) is 17.5 Å². The van der Waals surface area contributed by atoms with Gasteiger partial charge in [-0.1, -0.05) is 42.8 Å². The van der Waals surface area contributed by atoms with Gasteiger partial charge < -0.3 is 5.32 Å². The molecule has 0 aliphatic heterocycles. The molecule has 1 aliphatic carbocycles. The molecule has 0 saturated heterocycles. The van der Waals surface area contributed by atoms with E-state index in [0.717, 1.165) is 5.25 Å². The van der Waals surface area contributed by atoms with Crippen LogP contribution < -0.4 is 5.32 Å². The van der Waals surface area contributed by atoms with Crippen molar-refractivity contribution in [2.45, 2.75) is 49.9 Å². The Bertz CT molecular complexity index is 595. The third-order valence-electron chi connectivity index (χ3n) is 4.72. The summed E-state index contributed by atoms with van der Waals surface area (Å²) >= 11 is 2.03. The van der Waals surface area contributed by atoms with Gasteiger partial charge >= 0.3 is 0 Å². The Kier molecular flexibility index (Phi) is 4.87. The highest BCUT2D eigenvalue weighted by Gasteiger charge is 2.22. The molecule has 1 nitrogen and oxygen atoms in total. The van der Waals surface area contributed by atoms with Gasteiger partial charge in [0.2, 0.25) is 0 Å². The van der Waals surface area contributed by atoms with Crippen molar-refractivity contribution in [1.82, 2.24) is 5.32 Å². The third kappa shape index (κ3) is 3.61. The minimum atomic E-state index is 0.431. The van der Waals surface area contributed by atoms with E-state index in [4.69, 9.17) is 0 Å². The molecule has 112 valence electrons. The quantitative estimate of drug-likeness (QED) is 0.836. The molecule has 0 bridgehead atoms. The second-order valence-electron chi connectivity index (χ2n) is 6.22. The van der Waals surface area contributed by atoms with Crippen molar-refractivity contribution < 1.29 is 0 Å². The van der Waals surface area contributed by atoms with Crippen molar-refractivity contribution in [3.8, 4) is 0 Å². The maximum absolute atomic E-state index is 3.85. The van der Waals surface area contributed by atoms with E-state index in [-0.39, 0.29) is 0 Å². The van der Waals surface area contributed by atoms with Gasteiger partial charge in [0.1, 0.15) is 0 Å². The fourth-order valence-electron chi connectivity index (χ4n) is 3.44. The van der Waals surface area contributed by atoms with Crippen LogP contribution in [0.1, 0.15) is 44.2 Å². The van der Waals surface area contributed by atoms with Crippen molar-refractivity contribution in [2.75, 3.05) is 6.26 Å². The van der Waals surface area contributed by atoms with Crippen molar-refractivity contribution >= 4 is 22.5 Å². The van der Waals surface area contributed by atoms with E-state index < -0.39 is 0 Å². The lowest BCUT2D eigenvalue weighted by Gasteiger charge is -2.31. The molecular formula is C19H25NS. The van der Waals surface area contributed by atoms with E-state index in [1.807, 2.05) is 11.8 Å². The normalized spacial score (nSPS) is 24.1. The molecule has 21 heavy (non-hydrogen) atoms. The summed E-state index contributed by atoms with van der Waals surface area (Å²) in [6, 6.07) is 16.6. The highest BCUT2D eigenvalue weighted by Crippen LogP contribution is 2.29. The fourth-order valence-corrected chi connectivity index (χ4v) is 4.26. The molecule has 1 N–H and O–H groups in total. The first-order chi connectivity index (χ1) is 10.3. The molecule has 0 radical (unpaired) electrons. The fraction of sp³-hybridized carbons (Fsp3) is 0.474. The molecular weight excluding hydrogens is 274 g/mol. The number of rotatable bonds is 4. The summed E-state index contributed by atoms with van der Waals surface area (Å²) in [6.45, 7) is 2.30. The van der Waals surface area contributed by atoms with E-state index >= 15 is 0 Å². The van der Waals surface area contributed by atoms with E-state index in [1.165, 1.54) is 42.0 Å². The van der Waals surface area contributed by atoms with Crippen LogP contribution in [0.25, 0.3) is 10.8 Å². The number of fused-ring (bicyclic) bond motifs is 1. The van der Waals surface area contributed by atoms with Gasteiger partial charge in [0, 0.05) is 17.3 Å². The highest BCUT2D eigenvalue weighted by molar-refractivity contribution is 7.99. The topological polar surface area (TPSA) is 12.0 Å². The van der Waals surface area contributed by atoms with Crippen LogP contribution in [-0.2, 0) is 0 Å². The average Bonchev–Trinajstić information content (AvgIpc) is 2.54. The van der Waals surface area contributed by atoms with Crippen LogP contribution in [0.15, 0.2) is 42.5 Å². The molecule has 0 heterocycles. The lowest BCUT2D eigenvalue weighted by atomic mass is 9.93. The third-order valence-corrected chi connectivity index (χ3v) is 5.81. The van der Waals surface area contributed by atoms with Crippen LogP contribution in [0.5, 0.6) is 0 Å². The van der Waals surface area contributed by atoms with Crippen molar-refractivity contribution in [1.29, 1.82) is 0 Å². The molecule has 1 saturated carbocycles. The Labute approximate surface area is 132 Å². The van der Waals surface area contributed by atoms with Crippen molar-refractivity contribution in [3.05, 3.63) is 48.0 Å². The molecule has 0 amide bonds. The van der Waals surface area contributed by atoms with Gasteiger partial charge in [0.25, 0.3) is 0 Å². The van der Waals surface area contributed by atoms with E-state index in [1.54, 1.807) is 0 Å². The smallest absolute Gasteiger partial charge is 0.0294 e. The van der Waals surface area contributed by atoms with Crippen LogP contribution in [0.2, 0.25) is 0 Å². The number of thioether (sulfide) groups is 1. The number of hydrogen-bond donors (Lipinski definition) is 1. The SMILES string of the molecule is CSC1CCCC(NC(C)c2ccc3ccccc3c2)C1. The summed E-state index contributed by atoms with van der Waals surface area (Å²) in [5.74, 6) is 0. The predicted molar refractivity (Wildman–Crippen MR) is 95.1 cm³/mol. The van der Waals surface area contributed by atoms with Crippen molar-refractivity contribution in [2.24, 2.45) is 0 Å². The molecule has 0 spiro atoms. The van der Waals surface area contributed by atoms with Crippen molar-refractivity contribution in [3.63, 3.8) is 0 Å². The summed E-state index contributed by atoms with van der Waals surface area (Å²) in [7, 11) is 0. The maximum atomic E-state index is 3.85. The van der Waals surface area contributed by atoms with Gasteiger partial charge in [-0.05, 0) is 54.8 Å². The maximum Gasteiger partial charge on any atom is 0.0294 e. The largest absolute Gasteiger partial charge is 0.307 e. The molecule has 2 heteroatoms. The molecule has 1 aliphatic rings. The first-order valence-electron chi connectivity index (χ1n) is 8.04. The molecule has 1 fully saturated rings. The number of benzene rings is 2. The predicted octanol–water partition coefficient (Wildman–Crippen LogP) is 5.16. The highest BCUT2D eigenvalue weighted by atomic mass is 32.2. The lowest BCUT2D eigenvalue weighted by molar-refractivity contribution is 0.353. The first kappa shape index (κ1) is 14.9. The first-order valence-corrected chi connectivity index (χ1v) is 9.32. The minimum absolute atomic E-state index is 0.431. The van der Waals surface area contributed by atoms with E-state index in [0.29, 0.717) is 12.1 Å². The van der Waals surface area contributed by atoms with Gasteiger partial charge in [-0.2, -0.15) is 11.8 Å². The molecule has 2 aromatic rings. The molecule has 2 aromatic carbocycles. The Morgan fingerprint density at radius 1 is 1.10 bits per heavy atom. The zero-order chi connectivity index (χ0) is 14.7. The molecule has 3 rings (SSSR count). The molecule has 3 unspecified atom stereocenters. The standard InChI is InChI=1S/C19H25NS/c1-14(20-18-8-5-9-19(13-18)21-2)16-11-10-15-6-3-4-7-17(15)12-16/h3-4,6-7,10-12,14,18-20H,5,8-9,13H2,1-2H3. The zero-order valence-electron chi connectivity index (χ0n) is 13.0. The Morgan fingerprint density at radius 2 is 1.90 bits per heavy atom. The number of nitrogens with one attached hydrogen (secondary N) is 1. The van der Waals surface area contributed by atoms with Gasteiger partial charge in [-0.15, -0.1) is 0 Å². The summed E-state index contributed by atoms with van der Waals surface area (Å²) in [5.41, 5.74) is 1.40. The van der Waals surface area contributed by atoms with Gasteiger partial charge in [0.05, 0.1) is 0 Å². The Hall–Kier alpha value is -0.990. The zero-order valence-corrected chi connectivity index (χ0v) is 13.8. The summed E-state index contributed by atoms with van der Waals surface area (Å²) < 4.78 is 0. The number of hydrogen-bond acceptors (Lipinski definition) is 2. The van der Waals surface area contributed by atoms with Gasteiger partial charge in [0.15, 0.2) is 0 Å². The van der Waals surface area contributed by atoms with Crippen LogP contribution in [0.4, 0.5) is 0 Å². The Morgan fingerprint density at radius 3 is 2.71 bits per heavy atom. The van der Waals surface area contributed by atoms with E-state index in [2.05, 4.69) is 61.0 Å². The van der Waals surface area contributed by atoms with Crippen LogP contribution in [0, 0.1) is 0 Å². The van der Waals surface area contributed by atoms with Crippen LogP contribution >= 0.6 is 11.8 Å². The molecule has 0 aromatic heterocycles. The summed E-state index contributed by atoms with van der Waals surface area (Å²) in [5, 5.41) is 7.37. The van der Waals surface area contributed by atoms with Crippen LogP contribution in [0.3, 0.4) is 0 Å². The summed E-state index contributed by atoms with van der Waals surface area (Å²) in [6.07, 6.45) is 7.66. The molecule has 3 atom stereocenters. The van der Waals surface area contributed by atoms with Gasteiger partial charge in [-0.25, -0.2) is 0 Å². The van der Waals surface area contributed by atoms with Gasteiger partial charge in [-0.3, -0.25) is 0 Å². The second-order valence-corrected chi connectivity index (χ2v) is 7.35. The second kappa shape index (κ2) is 6.85. The lowest BCUT2D eigenvalue weighted by Crippen LogP contribution is -2.36. The average molecular weight is 299 g/mol. The Balaban J connectivity index is 1.70. The summed E-state index contributed by atoms with van der Waals surface area (Å²) in [4.78, 5) is 0. The minimum Gasteiger partial charge on any atom is -0.307 e. The van der Waals surface area contributed by atoms with E-state index in [9.17, 15) is 0 Å². The monoisotopic (exact) mass is 299 g/mol.